The Kier molecular flexibility index (Phi) is 3.86. The highest BCUT2D eigenvalue weighted by Gasteiger charge is 2.21. The number of hydrogen-bond acceptors (Lipinski definition) is 4. The zero-order chi connectivity index (χ0) is 12.3. The van der Waals surface area contributed by atoms with E-state index in [1.54, 1.807) is 6.07 Å². The summed E-state index contributed by atoms with van der Waals surface area (Å²) in [7, 11) is -3.23. The largest absolute Gasteiger partial charge is 0.465 e. The zero-order valence-electron chi connectivity index (χ0n) is 9.90. The highest BCUT2D eigenvalue weighted by Crippen LogP contribution is 2.09. The van der Waals surface area contributed by atoms with Crippen molar-refractivity contribution in [2.75, 3.05) is 12.3 Å². The summed E-state index contributed by atoms with van der Waals surface area (Å²) in [6.45, 7) is 2.97. The number of nitrogens with one attached hydrogen (secondary N) is 2. The molecule has 0 saturated carbocycles. The maximum Gasteiger partial charge on any atom is 0.213 e. The fourth-order valence-corrected chi connectivity index (χ4v) is 3.28. The van der Waals surface area contributed by atoms with E-state index in [2.05, 4.69) is 10.0 Å². The Balaban J connectivity index is 1.84. The molecule has 1 unspecified atom stereocenters. The third kappa shape index (κ3) is 3.83. The maximum absolute atomic E-state index is 11.8. The van der Waals surface area contributed by atoms with Gasteiger partial charge in [-0.25, -0.2) is 13.1 Å². The number of hydrogen-bond donors (Lipinski definition) is 2. The van der Waals surface area contributed by atoms with Gasteiger partial charge in [-0.2, -0.15) is 0 Å². The molecule has 5 nitrogen and oxygen atoms in total. The molecule has 1 aliphatic rings. The molecular formula is C11H18N2O3S. The van der Waals surface area contributed by atoms with Gasteiger partial charge in [0.25, 0.3) is 0 Å². The first-order valence-electron chi connectivity index (χ1n) is 5.81. The van der Waals surface area contributed by atoms with Crippen LogP contribution in [0.2, 0.25) is 0 Å². The number of rotatable bonds is 5. The normalized spacial score (nSPS) is 20.9. The summed E-state index contributed by atoms with van der Waals surface area (Å²) >= 11 is 0. The molecule has 1 atom stereocenters. The van der Waals surface area contributed by atoms with Gasteiger partial charge < -0.3 is 9.73 Å². The zero-order valence-corrected chi connectivity index (χ0v) is 10.7. The summed E-state index contributed by atoms with van der Waals surface area (Å²) in [5.74, 6) is 1.58. The van der Waals surface area contributed by atoms with Crippen LogP contribution in [0.3, 0.4) is 0 Å². The average molecular weight is 258 g/mol. The van der Waals surface area contributed by atoms with Gasteiger partial charge in [0, 0.05) is 6.04 Å². The first-order chi connectivity index (χ1) is 8.05. The number of furan rings is 1. The Bertz CT molecular complexity index is 461. The molecule has 0 spiro atoms. The quantitative estimate of drug-likeness (QED) is 0.818. The third-order valence-electron chi connectivity index (χ3n) is 2.85. The minimum Gasteiger partial charge on any atom is -0.465 e. The summed E-state index contributed by atoms with van der Waals surface area (Å²) in [5.41, 5.74) is 0. The van der Waals surface area contributed by atoms with Gasteiger partial charge >= 0.3 is 0 Å². The van der Waals surface area contributed by atoms with E-state index in [1.807, 2.05) is 13.0 Å². The molecule has 1 saturated heterocycles. The van der Waals surface area contributed by atoms with Gasteiger partial charge in [0.15, 0.2) is 0 Å². The van der Waals surface area contributed by atoms with Crippen LogP contribution in [0.25, 0.3) is 0 Å². The second kappa shape index (κ2) is 5.20. The van der Waals surface area contributed by atoms with Crippen LogP contribution in [0.4, 0.5) is 0 Å². The Morgan fingerprint density at radius 3 is 2.94 bits per heavy atom. The van der Waals surface area contributed by atoms with Crippen LogP contribution in [-0.2, 0) is 16.6 Å². The molecule has 2 N–H and O–H groups in total. The van der Waals surface area contributed by atoms with Crippen LogP contribution in [0.5, 0.6) is 0 Å². The van der Waals surface area contributed by atoms with E-state index in [1.165, 1.54) is 0 Å². The van der Waals surface area contributed by atoms with E-state index in [0.29, 0.717) is 5.76 Å². The van der Waals surface area contributed by atoms with Crippen LogP contribution < -0.4 is 10.0 Å². The molecule has 1 aromatic heterocycles. The van der Waals surface area contributed by atoms with Gasteiger partial charge in [0.05, 0.1) is 12.3 Å². The summed E-state index contributed by atoms with van der Waals surface area (Å²) in [6, 6.07) is 3.69. The molecular weight excluding hydrogens is 240 g/mol. The topological polar surface area (TPSA) is 71.3 Å². The Hall–Kier alpha value is -0.850. The van der Waals surface area contributed by atoms with Crippen LogP contribution in [0.1, 0.15) is 24.4 Å². The van der Waals surface area contributed by atoms with Crippen molar-refractivity contribution in [1.82, 2.24) is 10.0 Å². The monoisotopic (exact) mass is 258 g/mol. The van der Waals surface area contributed by atoms with Crippen molar-refractivity contribution in [3.8, 4) is 0 Å². The summed E-state index contributed by atoms with van der Waals surface area (Å²) < 4.78 is 31.4. The Morgan fingerprint density at radius 1 is 1.53 bits per heavy atom. The predicted molar refractivity (Wildman–Crippen MR) is 65.1 cm³/mol. The standard InChI is InChI=1S/C11H18N2O3S/c1-9-4-5-11(16-9)7-13-17(14,15)8-10-3-2-6-12-10/h4-5,10,12-13H,2-3,6-8H2,1H3. The molecule has 0 radical (unpaired) electrons. The Labute approximate surface area is 102 Å². The SMILES string of the molecule is Cc1ccc(CNS(=O)(=O)CC2CCCN2)o1. The van der Waals surface area contributed by atoms with Crippen LogP contribution >= 0.6 is 0 Å². The lowest BCUT2D eigenvalue weighted by atomic mass is 10.3. The van der Waals surface area contributed by atoms with Gasteiger partial charge in [0.2, 0.25) is 10.0 Å². The summed E-state index contributed by atoms with van der Waals surface area (Å²) in [6.07, 6.45) is 1.98. The van der Waals surface area contributed by atoms with E-state index in [4.69, 9.17) is 4.42 Å². The van der Waals surface area contributed by atoms with Crippen LogP contribution in [0, 0.1) is 6.92 Å². The first-order valence-corrected chi connectivity index (χ1v) is 7.46. The van der Waals surface area contributed by atoms with E-state index in [-0.39, 0.29) is 18.3 Å². The second-order valence-corrected chi connectivity index (χ2v) is 6.26. The molecule has 96 valence electrons. The molecule has 17 heavy (non-hydrogen) atoms. The van der Waals surface area contributed by atoms with E-state index in [0.717, 1.165) is 25.1 Å². The molecule has 1 aliphatic heterocycles. The van der Waals surface area contributed by atoms with E-state index < -0.39 is 10.0 Å². The molecule has 2 heterocycles. The maximum atomic E-state index is 11.8. The van der Waals surface area contributed by atoms with Crippen LogP contribution in [0.15, 0.2) is 16.5 Å². The van der Waals surface area contributed by atoms with Gasteiger partial charge in [0.1, 0.15) is 11.5 Å². The lowest BCUT2D eigenvalue weighted by Gasteiger charge is -2.11. The molecule has 2 rings (SSSR count). The van der Waals surface area contributed by atoms with Crippen LogP contribution in [-0.4, -0.2) is 26.8 Å². The van der Waals surface area contributed by atoms with Gasteiger partial charge in [-0.3, -0.25) is 0 Å². The molecule has 6 heteroatoms. The molecule has 0 aliphatic carbocycles. The summed E-state index contributed by atoms with van der Waals surface area (Å²) in [4.78, 5) is 0. The second-order valence-electron chi connectivity index (χ2n) is 4.41. The minimum atomic E-state index is -3.23. The summed E-state index contributed by atoms with van der Waals surface area (Å²) in [5, 5.41) is 3.17. The number of sulfonamides is 1. The molecule has 0 bridgehead atoms. The predicted octanol–water partition coefficient (Wildman–Crippen LogP) is 0.759. The molecule has 0 amide bonds. The number of aryl methyl sites for hydroxylation is 1. The third-order valence-corrected chi connectivity index (χ3v) is 4.27. The van der Waals surface area contributed by atoms with Crippen molar-refractivity contribution in [2.24, 2.45) is 0 Å². The van der Waals surface area contributed by atoms with Gasteiger partial charge in [-0.05, 0) is 38.4 Å². The lowest BCUT2D eigenvalue weighted by Crippen LogP contribution is -2.36. The minimum absolute atomic E-state index is 0.0887. The smallest absolute Gasteiger partial charge is 0.213 e. The van der Waals surface area contributed by atoms with Crippen molar-refractivity contribution < 1.29 is 12.8 Å². The Morgan fingerprint density at radius 2 is 2.35 bits per heavy atom. The van der Waals surface area contributed by atoms with Crippen molar-refractivity contribution >= 4 is 10.0 Å². The van der Waals surface area contributed by atoms with Gasteiger partial charge in [-0.1, -0.05) is 0 Å². The van der Waals surface area contributed by atoms with Gasteiger partial charge in [-0.15, -0.1) is 0 Å². The first kappa shape index (κ1) is 12.6. The highest BCUT2D eigenvalue weighted by molar-refractivity contribution is 7.89. The highest BCUT2D eigenvalue weighted by atomic mass is 32.2. The molecule has 1 aromatic rings. The van der Waals surface area contributed by atoms with Crippen molar-refractivity contribution in [2.45, 2.75) is 32.4 Å². The fraction of sp³-hybridized carbons (Fsp3) is 0.636. The molecule has 0 aromatic carbocycles. The van der Waals surface area contributed by atoms with E-state index in [9.17, 15) is 8.42 Å². The average Bonchev–Trinajstić information content (AvgIpc) is 2.86. The van der Waals surface area contributed by atoms with E-state index >= 15 is 0 Å². The fourth-order valence-electron chi connectivity index (χ4n) is 1.98. The lowest BCUT2D eigenvalue weighted by molar-refractivity contribution is 0.474. The van der Waals surface area contributed by atoms with Crippen molar-refractivity contribution in [3.05, 3.63) is 23.7 Å². The van der Waals surface area contributed by atoms with Crippen molar-refractivity contribution in [3.63, 3.8) is 0 Å². The molecule has 1 fully saturated rings. The van der Waals surface area contributed by atoms with Crippen molar-refractivity contribution in [1.29, 1.82) is 0 Å².